The highest BCUT2D eigenvalue weighted by Crippen LogP contribution is 2.36. The Balaban J connectivity index is 2.61. The van der Waals surface area contributed by atoms with E-state index in [1.807, 2.05) is 18.7 Å². The molecule has 0 N–H and O–H groups in total. The molecule has 1 aromatic heterocycles. The van der Waals surface area contributed by atoms with Crippen LogP contribution in [0.3, 0.4) is 0 Å². The molecule has 0 spiro atoms. The number of hydrogen-bond donors (Lipinski definition) is 0. The third-order valence-electron chi connectivity index (χ3n) is 4.53. The average Bonchev–Trinajstić information content (AvgIpc) is 2.85. The minimum Gasteiger partial charge on any atom is -0.325 e. The van der Waals surface area contributed by atoms with Crippen molar-refractivity contribution in [3.05, 3.63) is 29.6 Å². The second-order valence-corrected chi connectivity index (χ2v) is 7.64. The molecule has 0 aliphatic carbocycles. The summed E-state index contributed by atoms with van der Waals surface area (Å²) in [5.41, 5.74) is 3.51. The molecule has 1 unspecified atom stereocenters. The van der Waals surface area contributed by atoms with Gasteiger partial charge in [-0.2, -0.15) is 11.8 Å². The molecule has 4 heteroatoms. The fourth-order valence-corrected chi connectivity index (χ4v) is 3.89. The lowest BCUT2D eigenvalue weighted by Crippen LogP contribution is -2.29. The van der Waals surface area contributed by atoms with Crippen LogP contribution in [-0.4, -0.2) is 20.6 Å². The number of halogens is 1. The zero-order valence-electron chi connectivity index (χ0n) is 13.6. The van der Waals surface area contributed by atoms with Crippen LogP contribution in [-0.2, 0) is 6.54 Å². The normalized spacial score (nSPS) is 13.8. The molecule has 1 atom stereocenters. The van der Waals surface area contributed by atoms with Crippen molar-refractivity contribution < 1.29 is 0 Å². The Morgan fingerprint density at radius 1 is 1.33 bits per heavy atom. The van der Waals surface area contributed by atoms with Crippen LogP contribution in [0.2, 0.25) is 0 Å². The van der Waals surface area contributed by atoms with Crippen molar-refractivity contribution in [2.75, 3.05) is 6.26 Å². The number of rotatable bonds is 6. The van der Waals surface area contributed by atoms with Gasteiger partial charge in [0.1, 0.15) is 5.82 Å². The molecule has 116 valence electrons. The smallest absolute Gasteiger partial charge is 0.127 e. The average molecular weight is 325 g/mol. The maximum atomic E-state index is 6.40. The standard InChI is InChI=1S/C17H25ClN2S/c1-6-17(7-2,21-5)11-20-14-10-8-9-12(3)15(14)19-16(20)13(4)18/h8-10,13H,6-7,11H2,1-5H3. The van der Waals surface area contributed by atoms with Crippen molar-refractivity contribution >= 4 is 34.4 Å². The first-order valence-electron chi connectivity index (χ1n) is 7.63. The SMILES string of the molecule is CCC(CC)(Cn1c(C(C)Cl)nc2c(C)cccc21)SC. The van der Waals surface area contributed by atoms with Crippen LogP contribution in [0.5, 0.6) is 0 Å². The van der Waals surface area contributed by atoms with Crippen LogP contribution in [0.1, 0.15) is 50.4 Å². The van der Waals surface area contributed by atoms with Crippen molar-refractivity contribution in [1.29, 1.82) is 0 Å². The fraction of sp³-hybridized carbons (Fsp3) is 0.588. The Hall–Kier alpha value is -0.670. The topological polar surface area (TPSA) is 17.8 Å². The van der Waals surface area contributed by atoms with Crippen LogP contribution in [0.4, 0.5) is 0 Å². The van der Waals surface area contributed by atoms with Gasteiger partial charge < -0.3 is 4.57 Å². The number of benzene rings is 1. The molecule has 0 bridgehead atoms. The summed E-state index contributed by atoms with van der Waals surface area (Å²) >= 11 is 8.36. The third-order valence-corrected chi connectivity index (χ3v) is 6.30. The maximum absolute atomic E-state index is 6.40. The summed E-state index contributed by atoms with van der Waals surface area (Å²) < 4.78 is 2.58. The highest BCUT2D eigenvalue weighted by Gasteiger charge is 2.28. The Labute approximate surface area is 137 Å². The molecule has 1 aromatic carbocycles. The van der Waals surface area contributed by atoms with Gasteiger partial charge in [0.15, 0.2) is 0 Å². The molecule has 0 radical (unpaired) electrons. The van der Waals surface area contributed by atoms with E-state index in [0.717, 1.165) is 30.7 Å². The van der Waals surface area contributed by atoms with E-state index < -0.39 is 0 Å². The van der Waals surface area contributed by atoms with Gasteiger partial charge in [-0.25, -0.2) is 4.98 Å². The number of aryl methyl sites for hydroxylation is 1. The summed E-state index contributed by atoms with van der Waals surface area (Å²) in [6.45, 7) is 9.63. The Bertz CT molecular complexity index is 606. The van der Waals surface area contributed by atoms with Crippen LogP contribution in [0.15, 0.2) is 18.2 Å². The highest BCUT2D eigenvalue weighted by atomic mass is 35.5. The lowest BCUT2D eigenvalue weighted by molar-refractivity contribution is 0.463. The van der Waals surface area contributed by atoms with Gasteiger partial charge in [0.25, 0.3) is 0 Å². The maximum Gasteiger partial charge on any atom is 0.127 e. The van der Waals surface area contributed by atoms with E-state index in [4.69, 9.17) is 16.6 Å². The van der Waals surface area contributed by atoms with Gasteiger partial charge in [0.05, 0.1) is 16.4 Å². The van der Waals surface area contributed by atoms with E-state index >= 15 is 0 Å². The van der Waals surface area contributed by atoms with Gasteiger partial charge in [0, 0.05) is 11.3 Å². The van der Waals surface area contributed by atoms with Crippen molar-refractivity contribution in [2.45, 2.75) is 57.2 Å². The van der Waals surface area contributed by atoms with Gasteiger partial charge in [-0.3, -0.25) is 0 Å². The van der Waals surface area contributed by atoms with Crippen molar-refractivity contribution in [3.63, 3.8) is 0 Å². The summed E-state index contributed by atoms with van der Waals surface area (Å²) in [7, 11) is 0. The van der Waals surface area contributed by atoms with Crippen molar-refractivity contribution in [3.8, 4) is 0 Å². The molecule has 0 fully saturated rings. The predicted molar refractivity (Wildman–Crippen MR) is 95.6 cm³/mol. The summed E-state index contributed by atoms with van der Waals surface area (Å²) in [6, 6.07) is 6.38. The van der Waals surface area contributed by atoms with Gasteiger partial charge in [-0.1, -0.05) is 26.0 Å². The first kappa shape index (κ1) is 16.7. The molecule has 0 aliphatic heterocycles. The van der Waals surface area contributed by atoms with Gasteiger partial charge in [0.2, 0.25) is 0 Å². The van der Waals surface area contributed by atoms with E-state index in [1.165, 1.54) is 11.1 Å². The number of alkyl halides is 1. The van der Waals surface area contributed by atoms with Gasteiger partial charge >= 0.3 is 0 Å². The summed E-state index contributed by atoms with van der Waals surface area (Å²) in [5, 5.41) is -0.0786. The lowest BCUT2D eigenvalue weighted by Gasteiger charge is -2.31. The Kier molecular flexibility index (Phi) is 5.26. The molecule has 21 heavy (non-hydrogen) atoms. The first-order valence-corrected chi connectivity index (χ1v) is 9.29. The van der Waals surface area contributed by atoms with Crippen molar-refractivity contribution in [2.24, 2.45) is 0 Å². The molecule has 2 aromatic rings. The zero-order chi connectivity index (χ0) is 15.6. The highest BCUT2D eigenvalue weighted by molar-refractivity contribution is 8.00. The number of thioether (sulfide) groups is 1. The predicted octanol–water partition coefficient (Wildman–Crippen LogP) is 5.57. The molecular formula is C17H25ClN2S. The molecule has 2 rings (SSSR count). The van der Waals surface area contributed by atoms with Crippen LogP contribution in [0.25, 0.3) is 11.0 Å². The second kappa shape index (κ2) is 6.62. The molecule has 0 aliphatic rings. The quantitative estimate of drug-likeness (QED) is 0.647. The van der Waals surface area contributed by atoms with Crippen LogP contribution in [0, 0.1) is 6.92 Å². The number of hydrogen-bond acceptors (Lipinski definition) is 2. The van der Waals surface area contributed by atoms with E-state index in [-0.39, 0.29) is 10.1 Å². The van der Waals surface area contributed by atoms with E-state index in [2.05, 4.69) is 49.8 Å². The zero-order valence-corrected chi connectivity index (χ0v) is 15.2. The molecule has 2 nitrogen and oxygen atoms in total. The van der Waals surface area contributed by atoms with Gasteiger partial charge in [-0.15, -0.1) is 11.6 Å². The Morgan fingerprint density at radius 3 is 2.52 bits per heavy atom. The van der Waals surface area contributed by atoms with E-state index in [0.29, 0.717) is 0 Å². The minimum atomic E-state index is -0.0786. The number of para-hydroxylation sites is 1. The van der Waals surface area contributed by atoms with E-state index in [9.17, 15) is 0 Å². The lowest BCUT2D eigenvalue weighted by atomic mass is 10.0. The fourth-order valence-electron chi connectivity index (χ4n) is 2.89. The molecular weight excluding hydrogens is 300 g/mol. The van der Waals surface area contributed by atoms with E-state index in [1.54, 1.807) is 0 Å². The third kappa shape index (κ3) is 3.09. The minimum absolute atomic E-state index is 0.0786. The van der Waals surface area contributed by atoms with Crippen LogP contribution < -0.4 is 0 Å². The van der Waals surface area contributed by atoms with Gasteiger partial charge in [-0.05, 0) is 44.6 Å². The molecule has 1 heterocycles. The number of nitrogens with zero attached hydrogens (tertiary/aromatic N) is 2. The molecule has 0 amide bonds. The number of imidazole rings is 1. The largest absolute Gasteiger partial charge is 0.325 e. The number of aromatic nitrogens is 2. The Morgan fingerprint density at radius 2 is 2.00 bits per heavy atom. The monoisotopic (exact) mass is 324 g/mol. The van der Waals surface area contributed by atoms with Crippen LogP contribution >= 0.6 is 23.4 Å². The second-order valence-electron chi connectivity index (χ2n) is 5.71. The number of fused-ring (bicyclic) bond motifs is 1. The summed E-state index contributed by atoms with van der Waals surface area (Å²) in [5.74, 6) is 0.987. The molecule has 0 saturated carbocycles. The first-order chi connectivity index (χ1) is 9.98. The van der Waals surface area contributed by atoms with Crippen molar-refractivity contribution in [1.82, 2.24) is 9.55 Å². The summed E-state index contributed by atoms with van der Waals surface area (Å²) in [4.78, 5) is 4.82. The summed E-state index contributed by atoms with van der Waals surface area (Å²) in [6.07, 6.45) is 4.50. The molecule has 0 saturated heterocycles.